The minimum atomic E-state index is -1.63. The highest BCUT2D eigenvalue weighted by atomic mass is 16.5. The van der Waals surface area contributed by atoms with Gasteiger partial charge >= 0.3 is 5.97 Å². The van der Waals surface area contributed by atoms with Crippen LogP contribution in [0.25, 0.3) is 0 Å². The number of hydrogen-bond acceptors (Lipinski definition) is 9. The molecule has 0 saturated carbocycles. The van der Waals surface area contributed by atoms with Crippen molar-refractivity contribution >= 4 is 40.9 Å². The normalized spacial score (nSPS) is 18.4. The second kappa shape index (κ2) is 13.2. The van der Waals surface area contributed by atoms with Gasteiger partial charge < -0.3 is 41.1 Å². The number of carbonyl (C=O) groups excluding carboxylic acids is 3. The molecule has 2 aliphatic rings. The fraction of sp³-hybridized carbons (Fsp3) is 0.357. The predicted octanol–water partition coefficient (Wildman–Crippen LogP) is 0.908. The molecule has 1 saturated heterocycles. The first-order chi connectivity index (χ1) is 20.1. The van der Waals surface area contributed by atoms with Gasteiger partial charge in [-0.1, -0.05) is 35.5 Å². The third-order valence-electron chi connectivity index (χ3n) is 7.01. The molecule has 2 unspecified atom stereocenters. The van der Waals surface area contributed by atoms with Crippen LogP contribution in [0, 0.1) is 0 Å². The molecule has 2 aromatic rings. The Morgan fingerprint density at radius 2 is 1.67 bits per heavy atom. The first-order valence-corrected chi connectivity index (χ1v) is 13.2. The average molecular weight is 581 g/mol. The molecule has 1 fully saturated rings. The van der Waals surface area contributed by atoms with Crippen LogP contribution in [0.1, 0.15) is 47.4 Å². The van der Waals surface area contributed by atoms with Crippen LogP contribution in [0.5, 0.6) is 0 Å². The van der Waals surface area contributed by atoms with Gasteiger partial charge in [0.05, 0.1) is 11.8 Å². The number of ether oxygens (including phenoxy) is 2. The van der Waals surface area contributed by atoms with Crippen molar-refractivity contribution in [1.82, 2.24) is 15.5 Å². The lowest BCUT2D eigenvalue weighted by Gasteiger charge is -2.34. The van der Waals surface area contributed by atoms with E-state index in [-0.39, 0.29) is 30.5 Å². The Bertz CT molecular complexity index is 1400. The van der Waals surface area contributed by atoms with E-state index >= 15 is 0 Å². The third kappa shape index (κ3) is 6.72. The Morgan fingerprint density at radius 1 is 1.02 bits per heavy atom. The summed E-state index contributed by atoms with van der Waals surface area (Å²) in [6.45, 7) is 2.11. The topological polar surface area (TPSA) is 205 Å². The molecule has 0 bridgehead atoms. The van der Waals surface area contributed by atoms with Crippen molar-refractivity contribution in [2.24, 2.45) is 15.9 Å². The maximum atomic E-state index is 13.0. The number of amidine groups is 1. The monoisotopic (exact) mass is 580 g/mol. The molecule has 0 spiro atoms. The summed E-state index contributed by atoms with van der Waals surface area (Å²) < 4.78 is 11.1. The van der Waals surface area contributed by atoms with Gasteiger partial charge in [-0.2, -0.15) is 0 Å². The minimum absolute atomic E-state index is 0.0316. The zero-order valence-corrected chi connectivity index (χ0v) is 23.0. The molecule has 6 N–H and O–H groups in total. The first kappa shape index (κ1) is 30.1. The number of carboxylic acids is 1. The smallest absolute Gasteiger partial charge is 0.354 e. The average Bonchev–Trinajstić information content (AvgIpc) is 3.39. The number of carbonyl (C=O) groups is 4. The molecule has 222 valence electrons. The number of methoxy groups -OCH3 is 1. The van der Waals surface area contributed by atoms with Crippen LogP contribution < -0.4 is 16.4 Å². The second-order valence-corrected chi connectivity index (χ2v) is 9.78. The van der Waals surface area contributed by atoms with E-state index in [1.54, 1.807) is 36.1 Å². The van der Waals surface area contributed by atoms with Crippen molar-refractivity contribution in [3.05, 3.63) is 65.2 Å². The summed E-state index contributed by atoms with van der Waals surface area (Å²) in [5, 5.41) is 26.4. The molecule has 3 amide bonds. The van der Waals surface area contributed by atoms with Gasteiger partial charge in [0.2, 0.25) is 12.1 Å². The molecule has 14 heteroatoms. The number of oxime groups is 1. The number of amides is 3. The van der Waals surface area contributed by atoms with Crippen molar-refractivity contribution in [3.8, 4) is 0 Å². The number of aliphatic carboxylic acids is 1. The number of aliphatic imine (C=N–C) groups is 1. The standard InChI is InChI=1S/C28H32N6O8/c1-15(30-24(35)17-9-7-16(8-10-17)23(29)33-40)27(37)34-13-11-18(12-14-34)42-26(28(38)39)32-25(36)21-22(41-2)19-5-3-4-6-20(19)31-21/h3-10,15,18,22,26,40H,11-14H2,1-2H3,(H2,29,33)(H,30,35)(H,32,36)(H,38,39)/t15?,22?,26-/m0/s1. The molecule has 0 aromatic heterocycles. The number of rotatable bonds is 10. The zero-order valence-electron chi connectivity index (χ0n) is 23.0. The van der Waals surface area contributed by atoms with Gasteiger partial charge in [0, 0.05) is 36.9 Å². The SMILES string of the molecule is COC1C(C(=O)N[C@@H](OC2CCN(C(=O)C(C)NC(=O)c3ccc(/C(N)=N/O)cc3)CC2)C(=O)O)=Nc2ccccc21. The van der Waals surface area contributed by atoms with E-state index in [0.29, 0.717) is 35.2 Å². The van der Waals surface area contributed by atoms with Gasteiger partial charge in [-0.05, 0) is 38.0 Å². The van der Waals surface area contributed by atoms with Crippen molar-refractivity contribution in [1.29, 1.82) is 0 Å². The summed E-state index contributed by atoms with van der Waals surface area (Å²) >= 11 is 0. The quantitative estimate of drug-likeness (QED) is 0.0889. The first-order valence-electron chi connectivity index (χ1n) is 13.2. The number of fused-ring (bicyclic) bond motifs is 1. The van der Waals surface area contributed by atoms with Gasteiger partial charge in [0.15, 0.2) is 5.84 Å². The molecule has 0 radical (unpaired) electrons. The van der Waals surface area contributed by atoms with Crippen LogP contribution in [-0.2, 0) is 23.9 Å². The summed E-state index contributed by atoms with van der Waals surface area (Å²) in [6.07, 6.45) is -2.23. The van der Waals surface area contributed by atoms with Crippen LogP contribution in [0.2, 0.25) is 0 Å². The highest BCUT2D eigenvalue weighted by Crippen LogP contribution is 2.35. The molecule has 14 nitrogen and oxygen atoms in total. The lowest BCUT2D eigenvalue weighted by atomic mass is 10.1. The number of nitrogens with zero attached hydrogens (tertiary/aromatic N) is 3. The number of hydrogen-bond donors (Lipinski definition) is 5. The van der Waals surface area contributed by atoms with Gasteiger partial charge in [-0.25, -0.2) is 9.79 Å². The van der Waals surface area contributed by atoms with Crippen LogP contribution in [0.4, 0.5) is 5.69 Å². The molecule has 0 aliphatic carbocycles. The molecule has 42 heavy (non-hydrogen) atoms. The summed E-state index contributed by atoms with van der Waals surface area (Å²) in [5.41, 5.74) is 7.57. The summed E-state index contributed by atoms with van der Waals surface area (Å²) in [5.74, 6) is -2.96. The number of piperidine rings is 1. The van der Waals surface area contributed by atoms with Gasteiger partial charge in [-0.3, -0.25) is 14.4 Å². The fourth-order valence-corrected chi connectivity index (χ4v) is 4.77. The van der Waals surface area contributed by atoms with E-state index in [4.69, 9.17) is 20.4 Å². The molecule has 3 atom stereocenters. The Kier molecular flexibility index (Phi) is 9.49. The van der Waals surface area contributed by atoms with Crippen LogP contribution in [0.3, 0.4) is 0 Å². The number of likely N-dealkylation sites (tertiary alicyclic amines) is 1. The van der Waals surface area contributed by atoms with Crippen molar-refractivity contribution in [2.75, 3.05) is 20.2 Å². The molecule has 2 heterocycles. The minimum Gasteiger partial charge on any atom is -0.478 e. The lowest BCUT2D eigenvalue weighted by molar-refractivity contribution is -0.162. The second-order valence-electron chi connectivity index (χ2n) is 9.78. The van der Waals surface area contributed by atoms with Gasteiger partial charge in [0.1, 0.15) is 17.9 Å². The number of nitrogens with one attached hydrogen (secondary N) is 2. The van der Waals surface area contributed by atoms with E-state index in [2.05, 4.69) is 20.8 Å². The van der Waals surface area contributed by atoms with Gasteiger partial charge in [-0.15, -0.1) is 0 Å². The van der Waals surface area contributed by atoms with E-state index in [1.165, 1.54) is 31.4 Å². The molecule has 4 rings (SSSR count). The van der Waals surface area contributed by atoms with E-state index < -0.39 is 42.3 Å². The summed E-state index contributed by atoms with van der Waals surface area (Å²) in [7, 11) is 1.44. The molecule has 2 aliphatic heterocycles. The molecule has 2 aromatic carbocycles. The van der Waals surface area contributed by atoms with E-state index in [9.17, 15) is 24.3 Å². The maximum absolute atomic E-state index is 13.0. The zero-order chi connectivity index (χ0) is 30.4. The highest BCUT2D eigenvalue weighted by molar-refractivity contribution is 6.42. The Hall–Kier alpha value is -4.82. The Morgan fingerprint density at radius 3 is 2.29 bits per heavy atom. The predicted molar refractivity (Wildman–Crippen MR) is 149 cm³/mol. The summed E-state index contributed by atoms with van der Waals surface area (Å²) in [4.78, 5) is 56.3. The number of carboxylic acid groups (broad SMARTS) is 1. The van der Waals surface area contributed by atoms with Crippen LogP contribution in [0.15, 0.2) is 58.7 Å². The number of benzene rings is 2. The Balaban J connectivity index is 1.28. The third-order valence-corrected chi connectivity index (χ3v) is 7.01. The maximum Gasteiger partial charge on any atom is 0.354 e. The summed E-state index contributed by atoms with van der Waals surface area (Å²) in [6, 6.07) is 12.3. The lowest BCUT2D eigenvalue weighted by Crippen LogP contribution is -2.52. The largest absolute Gasteiger partial charge is 0.478 e. The fourth-order valence-electron chi connectivity index (χ4n) is 4.77. The molecular formula is C28H32N6O8. The van der Waals surface area contributed by atoms with Crippen LogP contribution in [-0.4, -0.2) is 89.0 Å². The van der Waals surface area contributed by atoms with Crippen molar-refractivity contribution in [2.45, 2.75) is 44.2 Å². The van der Waals surface area contributed by atoms with Crippen LogP contribution >= 0.6 is 0 Å². The van der Waals surface area contributed by atoms with E-state index in [0.717, 1.165) is 0 Å². The van der Waals surface area contributed by atoms with Crippen molar-refractivity contribution < 1.29 is 39.0 Å². The Labute approximate surface area is 241 Å². The number of para-hydroxylation sites is 1. The number of nitrogens with two attached hydrogens (primary N) is 1. The van der Waals surface area contributed by atoms with Gasteiger partial charge in [0.25, 0.3) is 11.8 Å². The molecular weight excluding hydrogens is 548 g/mol. The van der Waals surface area contributed by atoms with Crippen molar-refractivity contribution in [3.63, 3.8) is 0 Å². The highest BCUT2D eigenvalue weighted by Gasteiger charge is 2.36. The van der Waals surface area contributed by atoms with E-state index in [1.807, 2.05) is 0 Å².